The van der Waals surface area contributed by atoms with Gasteiger partial charge < -0.3 is 0 Å². The van der Waals surface area contributed by atoms with Gasteiger partial charge in [-0.2, -0.15) is 0 Å². The van der Waals surface area contributed by atoms with Gasteiger partial charge >= 0.3 is 0 Å². The van der Waals surface area contributed by atoms with Crippen molar-refractivity contribution in [3.8, 4) is 0 Å². The quantitative estimate of drug-likeness (QED) is 0.459. The number of hydrogen-bond acceptors (Lipinski definition) is 0. The van der Waals surface area contributed by atoms with E-state index in [0.29, 0.717) is 0 Å². The summed E-state index contributed by atoms with van der Waals surface area (Å²) in [6, 6.07) is 6.92. The first-order chi connectivity index (χ1) is 11.2. The summed E-state index contributed by atoms with van der Waals surface area (Å²) in [5.74, 6) is 0. The second-order valence-electron chi connectivity index (χ2n) is 7.69. The molecule has 0 amide bonds. The zero-order valence-electron chi connectivity index (χ0n) is 15.1. The van der Waals surface area contributed by atoms with Gasteiger partial charge in [0.15, 0.2) is 0 Å². The molecule has 0 nitrogen and oxygen atoms in total. The first kappa shape index (κ1) is 16.6. The molecule has 0 atom stereocenters. The number of aryl methyl sites for hydroxylation is 3. The molecule has 0 bridgehead atoms. The normalized spacial score (nSPS) is 20.5. The molecule has 0 N–H and O–H groups in total. The van der Waals surface area contributed by atoms with Gasteiger partial charge in [-0.1, -0.05) is 53.8 Å². The van der Waals surface area contributed by atoms with Crippen molar-refractivity contribution in [2.45, 2.75) is 84.5 Å². The molecule has 3 aliphatic carbocycles. The van der Waals surface area contributed by atoms with E-state index in [4.69, 9.17) is 0 Å². The zero-order valence-corrected chi connectivity index (χ0v) is 15.1. The molecule has 0 heterocycles. The smallest absolute Gasteiger partial charge is 0.0102 e. The summed E-state index contributed by atoms with van der Waals surface area (Å²) in [4.78, 5) is 0. The van der Waals surface area contributed by atoms with Crippen molar-refractivity contribution in [2.75, 3.05) is 0 Å². The van der Waals surface area contributed by atoms with Gasteiger partial charge in [0.2, 0.25) is 0 Å². The fourth-order valence-corrected chi connectivity index (χ4v) is 4.27. The van der Waals surface area contributed by atoms with Crippen molar-refractivity contribution >= 4 is 0 Å². The molecule has 1 aromatic rings. The second kappa shape index (κ2) is 7.99. The summed E-state index contributed by atoms with van der Waals surface area (Å²) in [6.45, 7) is 4.44. The van der Waals surface area contributed by atoms with Crippen molar-refractivity contribution in [3.63, 3.8) is 0 Å². The molecule has 0 unspecified atom stereocenters. The van der Waals surface area contributed by atoms with Gasteiger partial charge in [0.05, 0.1) is 0 Å². The Hall–Kier alpha value is -1.30. The summed E-state index contributed by atoms with van der Waals surface area (Å²) in [5, 5.41) is 0. The topological polar surface area (TPSA) is 0 Å². The minimum atomic E-state index is 1.29. The van der Waals surface area contributed by atoms with Crippen LogP contribution in [0, 0.1) is 6.92 Å². The van der Waals surface area contributed by atoms with Crippen LogP contribution in [0.1, 0.15) is 81.4 Å². The molecule has 0 aliphatic heterocycles. The Kier molecular flexibility index (Phi) is 5.75. The average molecular weight is 309 g/mol. The molecular weight excluding hydrogens is 276 g/mol. The third kappa shape index (κ3) is 4.59. The highest BCUT2D eigenvalue weighted by molar-refractivity contribution is 5.38. The van der Waals surface area contributed by atoms with E-state index >= 15 is 0 Å². The molecule has 0 heteroatoms. The van der Waals surface area contributed by atoms with Crippen LogP contribution in [0.25, 0.3) is 0 Å². The van der Waals surface area contributed by atoms with Gasteiger partial charge in [-0.15, -0.1) is 0 Å². The molecule has 0 saturated heterocycles. The van der Waals surface area contributed by atoms with E-state index in [9.17, 15) is 0 Å². The van der Waals surface area contributed by atoms with Crippen LogP contribution in [0.15, 0.2) is 41.0 Å². The van der Waals surface area contributed by atoms with Crippen LogP contribution in [-0.4, -0.2) is 0 Å². The first-order valence-electron chi connectivity index (χ1n) is 9.69. The van der Waals surface area contributed by atoms with E-state index in [-0.39, 0.29) is 0 Å². The molecule has 0 spiro atoms. The van der Waals surface area contributed by atoms with Crippen molar-refractivity contribution in [1.29, 1.82) is 0 Å². The highest BCUT2D eigenvalue weighted by Gasteiger charge is 2.14. The van der Waals surface area contributed by atoms with Crippen molar-refractivity contribution < 1.29 is 0 Å². The molecule has 3 aliphatic rings. The van der Waals surface area contributed by atoms with Crippen LogP contribution in [0.5, 0.6) is 0 Å². The Bertz CT molecular complexity index is 600. The van der Waals surface area contributed by atoms with Crippen LogP contribution in [0.3, 0.4) is 0 Å². The largest absolute Gasteiger partial charge is 0.0690 e. The van der Waals surface area contributed by atoms with Gasteiger partial charge in [-0.25, -0.2) is 0 Å². The van der Waals surface area contributed by atoms with E-state index < -0.39 is 0 Å². The fraction of sp³-hybridized carbons (Fsp3) is 0.565. The Morgan fingerprint density at radius 2 is 1.39 bits per heavy atom. The fourth-order valence-electron chi connectivity index (χ4n) is 4.27. The number of fused-ring (bicyclic) bond motifs is 1. The van der Waals surface area contributed by atoms with Gasteiger partial charge in [0.25, 0.3) is 0 Å². The summed E-state index contributed by atoms with van der Waals surface area (Å²) < 4.78 is 0. The van der Waals surface area contributed by atoms with E-state index in [1.165, 1.54) is 76.2 Å². The van der Waals surface area contributed by atoms with Gasteiger partial charge in [-0.3, -0.25) is 0 Å². The highest BCUT2D eigenvalue weighted by atomic mass is 14.2. The highest BCUT2D eigenvalue weighted by Crippen LogP contribution is 2.34. The van der Waals surface area contributed by atoms with Crippen molar-refractivity contribution in [3.05, 3.63) is 57.7 Å². The maximum atomic E-state index is 2.42. The van der Waals surface area contributed by atoms with Crippen LogP contribution in [0.2, 0.25) is 0 Å². The zero-order chi connectivity index (χ0) is 16.1. The Balaban J connectivity index is 0.000000136. The monoisotopic (exact) mass is 308 g/mol. The summed E-state index contributed by atoms with van der Waals surface area (Å²) in [7, 11) is 0. The maximum absolute atomic E-state index is 2.42. The minimum Gasteiger partial charge on any atom is -0.0690 e. The lowest BCUT2D eigenvalue weighted by Gasteiger charge is -2.05. The minimum absolute atomic E-state index is 1.29. The Morgan fingerprint density at radius 3 is 2.22 bits per heavy atom. The Morgan fingerprint density at radius 1 is 0.696 bits per heavy atom. The van der Waals surface area contributed by atoms with Crippen molar-refractivity contribution in [1.82, 2.24) is 0 Å². The maximum Gasteiger partial charge on any atom is -0.0102 e. The van der Waals surface area contributed by atoms with Gasteiger partial charge in [0, 0.05) is 0 Å². The van der Waals surface area contributed by atoms with E-state index in [2.05, 4.69) is 38.1 Å². The van der Waals surface area contributed by atoms with Crippen LogP contribution in [0.4, 0.5) is 0 Å². The number of allylic oxidation sites excluding steroid dienone is 4. The lowest BCUT2D eigenvalue weighted by Crippen LogP contribution is -1.90. The number of rotatable bonds is 0. The molecule has 0 fully saturated rings. The summed E-state index contributed by atoms with van der Waals surface area (Å²) in [6.07, 6.45) is 17.5. The SMILES string of the molecule is CC1=CC2=C(CCCCC2)C1.Cc1ccc2c(c1)CCCCC2. The average Bonchev–Trinajstić information content (AvgIpc) is 2.73. The predicted molar refractivity (Wildman–Crippen MR) is 101 cm³/mol. The van der Waals surface area contributed by atoms with E-state index in [1.54, 1.807) is 27.8 Å². The molecule has 124 valence electrons. The summed E-state index contributed by atoms with van der Waals surface area (Å²) in [5.41, 5.74) is 9.62. The second-order valence-corrected chi connectivity index (χ2v) is 7.69. The van der Waals surface area contributed by atoms with Gasteiger partial charge in [-0.05, 0) is 88.3 Å². The van der Waals surface area contributed by atoms with E-state index in [0.717, 1.165) is 0 Å². The molecule has 0 saturated carbocycles. The molecule has 0 radical (unpaired) electrons. The van der Waals surface area contributed by atoms with Crippen LogP contribution >= 0.6 is 0 Å². The molecule has 1 aromatic carbocycles. The molecule has 0 aromatic heterocycles. The van der Waals surface area contributed by atoms with Crippen molar-refractivity contribution in [2.24, 2.45) is 0 Å². The predicted octanol–water partition coefficient (Wildman–Crippen LogP) is 6.86. The third-order valence-electron chi connectivity index (χ3n) is 5.55. The molecule has 4 rings (SSSR count). The van der Waals surface area contributed by atoms with E-state index in [1.807, 2.05) is 0 Å². The molecular formula is C23H32. The lowest BCUT2D eigenvalue weighted by atomic mass is 10.0. The first-order valence-corrected chi connectivity index (χ1v) is 9.69. The third-order valence-corrected chi connectivity index (χ3v) is 5.55. The number of benzene rings is 1. The van der Waals surface area contributed by atoms with Gasteiger partial charge in [0.1, 0.15) is 0 Å². The lowest BCUT2D eigenvalue weighted by molar-refractivity contribution is 0.702. The number of hydrogen-bond donors (Lipinski definition) is 0. The van der Waals surface area contributed by atoms with Crippen LogP contribution < -0.4 is 0 Å². The Labute approximate surface area is 142 Å². The summed E-state index contributed by atoms with van der Waals surface area (Å²) >= 11 is 0. The standard InChI is InChI=1S/C12H16.C11H16/c1-10-7-8-11-5-3-2-4-6-12(11)9-10;1-9-7-10-5-3-2-4-6-11(10)8-9/h7-9H,2-6H2,1H3;7H,2-6,8H2,1H3. The molecule has 23 heavy (non-hydrogen) atoms. The van der Waals surface area contributed by atoms with Crippen LogP contribution in [-0.2, 0) is 12.8 Å².